The summed E-state index contributed by atoms with van der Waals surface area (Å²) < 4.78 is 34.6. The first-order chi connectivity index (χ1) is 20.7. The predicted molar refractivity (Wildman–Crippen MR) is 166 cm³/mol. The third-order valence-electron chi connectivity index (χ3n) is 8.29. The lowest BCUT2D eigenvalue weighted by Gasteiger charge is -2.27. The van der Waals surface area contributed by atoms with Crippen molar-refractivity contribution in [3.8, 4) is 22.3 Å². The van der Waals surface area contributed by atoms with Gasteiger partial charge < -0.3 is 28.4 Å². The molecule has 4 bridgehead atoms. The van der Waals surface area contributed by atoms with Gasteiger partial charge in [-0.05, 0) is 69.3 Å². The molecule has 3 aliphatic heterocycles. The zero-order chi connectivity index (χ0) is 29.2. The predicted octanol–water partition coefficient (Wildman–Crippen LogP) is 6.43. The van der Waals surface area contributed by atoms with Gasteiger partial charge in [-0.1, -0.05) is 67.9 Å². The van der Waals surface area contributed by atoms with Crippen LogP contribution in [0.25, 0.3) is 22.3 Å². The second-order valence-corrected chi connectivity index (χ2v) is 11.6. The van der Waals surface area contributed by atoms with Gasteiger partial charge in [0.15, 0.2) is 0 Å². The molecule has 3 aromatic rings. The number of fused-ring (bicyclic) bond motifs is 3. The molecule has 0 N–H and O–H groups in total. The molecule has 0 fully saturated rings. The molecule has 0 atom stereocenters. The molecule has 0 radical (unpaired) electrons. The van der Waals surface area contributed by atoms with Gasteiger partial charge in [0.1, 0.15) is 0 Å². The molecule has 7 rings (SSSR count). The molecule has 1 aliphatic carbocycles. The lowest BCUT2D eigenvalue weighted by Crippen LogP contribution is -2.32. The van der Waals surface area contributed by atoms with Crippen LogP contribution in [-0.4, -0.2) is 67.1 Å². The van der Waals surface area contributed by atoms with Crippen LogP contribution >= 0.6 is 0 Å². The maximum absolute atomic E-state index is 5.90. The molecule has 3 aromatic carbocycles. The fourth-order valence-corrected chi connectivity index (χ4v) is 6.49. The van der Waals surface area contributed by atoms with Crippen molar-refractivity contribution in [2.75, 3.05) is 67.1 Å². The van der Waals surface area contributed by atoms with Gasteiger partial charge in [0.25, 0.3) is 0 Å². The fraction of sp³-hybridized carbons (Fsp3) is 0.500. The van der Waals surface area contributed by atoms with Gasteiger partial charge in [0, 0.05) is 19.6 Å². The fourth-order valence-electron chi connectivity index (χ4n) is 6.49. The summed E-state index contributed by atoms with van der Waals surface area (Å²) in [5.41, 5.74) is 11.7. The van der Waals surface area contributed by atoms with E-state index in [1.807, 2.05) is 0 Å². The standard InChI is InChI=1S/C36H46O6/c1-4-5-31-20-32-21-36(25-37-2,26-38-3)22-33(32)35-30-12-8-28(9-13-30)24-42-19-17-40-15-14-39-16-18-41-23-27-6-10-29(11-7-27)34(31)35/h6-13,20H,4-5,14-19,21-26H2,1-3H3. The molecule has 4 aliphatic rings. The summed E-state index contributed by atoms with van der Waals surface area (Å²) >= 11 is 0. The number of hydrogen-bond donors (Lipinski definition) is 0. The topological polar surface area (TPSA) is 55.4 Å². The van der Waals surface area contributed by atoms with E-state index in [-0.39, 0.29) is 5.41 Å². The summed E-state index contributed by atoms with van der Waals surface area (Å²) in [4.78, 5) is 0. The van der Waals surface area contributed by atoms with Gasteiger partial charge in [0.05, 0.1) is 66.1 Å². The van der Waals surface area contributed by atoms with Crippen molar-refractivity contribution in [2.45, 2.75) is 45.8 Å². The lowest BCUT2D eigenvalue weighted by atomic mass is 9.83. The highest BCUT2D eigenvalue weighted by molar-refractivity contribution is 5.89. The molecule has 0 aromatic heterocycles. The average molecular weight is 575 g/mol. The largest absolute Gasteiger partial charge is 0.384 e. The van der Waals surface area contributed by atoms with Crippen LogP contribution < -0.4 is 0 Å². The van der Waals surface area contributed by atoms with Gasteiger partial charge in [-0.2, -0.15) is 0 Å². The van der Waals surface area contributed by atoms with Gasteiger partial charge in [-0.15, -0.1) is 0 Å². The van der Waals surface area contributed by atoms with Crippen molar-refractivity contribution < 1.29 is 28.4 Å². The summed E-state index contributed by atoms with van der Waals surface area (Å²) in [7, 11) is 3.60. The zero-order valence-corrected chi connectivity index (χ0v) is 25.5. The number of ether oxygens (including phenoxy) is 6. The van der Waals surface area contributed by atoms with E-state index in [1.165, 1.54) is 38.9 Å². The Labute approximate surface area is 251 Å². The van der Waals surface area contributed by atoms with E-state index in [1.54, 1.807) is 14.2 Å². The minimum atomic E-state index is -0.0635. The third kappa shape index (κ3) is 7.49. The van der Waals surface area contributed by atoms with E-state index in [0.717, 1.165) is 36.8 Å². The monoisotopic (exact) mass is 574 g/mol. The second-order valence-electron chi connectivity index (χ2n) is 11.6. The van der Waals surface area contributed by atoms with Gasteiger partial charge in [-0.3, -0.25) is 0 Å². The van der Waals surface area contributed by atoms with Crippen molar-refractivity contribution in [1.29, 1.82) is 0 Å². The lowest BCUT2D eigenvalue weighted by molar-refractivity contribution is -0.00618. The molecule has 6 heteroatoms. The van der Waals surface area contributed by atoms with Gasteiger partial charge in [-0.25, -0.2) is 0 Å². The first kappa shape index (κ1) is 30.9. The summed E-state index contributed by atoms with van der Waals surface area (Å²) in [6, 6.07) is 20.3. The Balaban J connectivity index is 1.59. The normalized spacial score (nSPS) is 17.8. The molecule has 226 valence electrons. The van der Waals surface area contributed by atoms with Crippen LogP contribution in [0.4, 0.5) is 0 Å². The molecule has 42 heavy (non-hydrogen) atoms. The molecule has 0 unspecified atom stereocenters. The highest BCUT2D eigenvalue weighted by atomic mass is 16.6. The first-order valence-corrected chi connectivity index (χ1v) is 15.3. The maximum atomic E-state index is 5.90. The zero-order valence-electron chi connectivity index (χ0n) is 25.5. The van der Waals surface area contributed by atoms with Crippen molar-refractivity contribution in [1.82, 2.24) is 0 Å². The summed E-state index contributed by atoms with van der Waals surface area (Å²) in [5.74, 6) is 0. The minimum absolute atomic E-state index is 0.0635. The van der Waals surface area contributed by atoms with Gasteiger partial charge in [0.2, 0.25) is 0 Å². The van der Waals surface area contributed by atoms with E-state index >= 15 is 0 Å². The van der Waals surface area contributed by atoms with E-state index in [4.69, 9.17) is 28.4 Å². The van der Waals surface area contributed by atoms with E-state index in [9.17, 15) is 0 Å². The highest BCUT2D eigenvalue weighted by Gasteiger charge is 2.40. The summed E-state index contributed by atoms with van der Waals surface area (Å²) in [6.45, 7) is 8.07. The van der Waals surface area contributed by atoms with Gasteiger partial charge >= 0.3 is 0 Å². The van der Waals surface area contributed by atoms with Crippen molar-refractivity contribution in [3.05, 3.63) is 82.4 Å². The van der Waals surface area contributed by atoms with Crippen molar-refractivity contribution in [2.24, 2.45) is 5.41 Å². The quantitative estimate of drug-likeness (QED) is 0.338. The SMILES string of the molecule is CCCc1cc2c(c3c1-c1ccc(cc1)COCCOCCOCCOCc1ccc-3cc1)CC(COC)(COC)C2. The molecule has 0 saturated heterocycles. The molecule has 3 heterocycles. The Morgan fingerprint density at radius 3 is 1.64 bits per heavy atom. The molecule has 0 spiro atoms. The Morgan fingerprint density at radius 2 is 1.14 bits per heavy atom. The number of methoxy groups -OCH3 is 2. The number of benzene rings is 3. The molecule has 6 nitrogen and oxygen atoms in total. The number of aryl methyl sites for hydroxylation is 1. The van der Waals surface area contributed by atoms with Crippen LogP contribution in [0.15, 0.2) is 54.6 Å². The van der Waals surface area contributed by atoms with Crippen molar-refractivity contribution >= 4 is 0 Å². The maximum Gasteiger partial charge on any atom is 0.0718 e. The Hall–Kier alpha value is -2.58. The van der Waals surface area contributed by atoms with Crippen LogP contribution in [0, 0.1) is 5.41 Å². The number of hydrogen-bond acceptors (Lipinski definition) is 6. The van der Waals surface area contributed by atoms with Crippen LogP contribution in [0.5, 0.6) is 0 Å². The average Bonchev–Trinajstić information content (AvgIpc) is 3.35. The molecular weight excluding hydrogens is 528 g/mol. The smallest absolute Gasteiger partial charge is 0.0718 e. The summed E-state index contributed by atoms with van der Waals surface area (Å²) in [5, 5.41) is 0. The van der Waals surface area contributed by atoms with Crippen LogP contribution in [0.2, 0.25) is 0 Å². The third-order valence-corrected chi connectivity index (χ3v) is 8.29. The van der Waals surface area contributed by atoms with E-state index in [2.05, 4.69) is 61.5 Å². The first-order valence-electron chi connectivity index (χ1n) is 15.3. The Morgan fingerprint density at radius 1 is 0.643 bits per heavy atom. The second kappa shape index (κ2) is 15.2. The Kier molecular flexibility index (Phi) is 11.2. The van der Waals surface area contributed by atoms with Crippen molar-refractivity contribution in [3.63, 3.8) is 0 Å². The van der Waals surface area contributed by atoms with E-state index in [0.29, 0.717) is 66.1 Å². The highest BCUT2D eigenvalue weighted by Crippen LogP contribution is 2.48. The molecule has 0 saturated carbocycles. The van der Waals surface area contributed by atoms with Crippen LogP contribution in [0.3, 0.4) is 0 Å². The Bertz CT molecular complexity index is 1260. The molecular formula is C36H46O6. The van der Waals surface area contributed by atoms with E-state index < -0.39 is 0 Å². The minimum Gasteiger partial charge on any atom is -0.384 e. The summed E-state index contributed by atoms with van der Waals surface area (Å²) in [6.07, 6.45) is 4.00. The van der Waals surface area contributed by atoms with Crippen LogP contribution in [0.1, 0.15) is 41.2 Å². The van der Waals surface area contributed by atoms with Crippen LogP contribution in [-0.2, 0) is 60.9 Å². The molecule has 0 amide bonds. The number of rotatable bonds is 6.